The van der Waals surface area contributed by atoms with E-state index in [9.17, 15) is 10.1 Å². The summed E-state index contributed by atoms with van der Waals surface area (Å²) < 4.78 is 0. The first kappa shape index (κ1) is 17.1. The Balaban J connectivity index is 2.12. The van der Waals surface area contributed by atoms with E-state index in [0.717, 1.165) is 16.8 Å². The van der Waals surface area contributed by atoms with Gasteiger partial charge in [0, 0.05) is 12.3 Å². The van der Waals surface area contributed by atoms with Gasteiger partial charge in [0.15, 0.2) is 0 Å². The van der Waals surface area contributed by atoms with E-state index in [0.29, 0.717) is 6.42 Å². The molecule has 5 heteroatoms. The monoisotopic (exact) mass is 337 g/mol. The first-order valence-electron chi connectivity index (χ1n) is 8.59. The summed E-state index contributed by atoms with van der Waals surface area (Å²) >= 11 is 0. The fourth-order valence-electron chi connectivity index (χ4n) is 3.89. The molecule has 0 radical (unpaired) electrons. The number of nitrogens with zero attached hydrogens (tertiary/aromatic N) is 3. The van der Waals surface area contributed by atoms with Crippen LogP contribution in [0.15, 0.2) is 71.1 Å². The highest BCUT2D eigenvalue weighted by Gasteiger charge is 2.44. The molecule has 0 aromatic heterocycles. The molecule has 2 aromatic carbocycles. The number of nitroso groups, excluding NO2 is 1. The molecule has 1 saturated heterocycles. The summed E-state index contributed by atoms with van der Waals surface area (Å²) in [6.45, 7) is 4.16. The largest absolute Gasteiger partial charge is 0.411 e. The lowest BCUT2D eigenvalue weighted by Crippen LogP contribution is -2.45. The van der Waals surface area contributed by atoms with Gasteiger partial charge in [-0.3, -0.25) is 0 Å². The third-order valence-corrected chi connectivity index (χ3v) is 5.00. The van der Waals surface area contributed by atoms with E-state index in [-0.39, 0.29) is 23.9 Å². The third-order valence-electron chi connectivity index (χ3n) is 5.00. The molecule has 0 unspecified atom stereocenters. The summed E-state index contributed by atoms with van der Waals surface area (Å²) in [5, 5.41) is 18.3. The van der Waals surface area contributed by atoms with Crippen LogP contribution in [0, 0.1) is 16.7 Å². The molecule has 25 heavy (non-hydrogen) atoms. The highest BCUT2D eigenvalue weighted by atomic mass is 16.4. The maximum Gasteiger partial charge on any atom is 0.0843 e. The Morgan fingerprint density at radius 3 is 2.04 bits per heavy atom. The molecule has 2 aromatic rings. The van der Waals surface area contributed by atoms with Crippen LogP contribution >= 0.6 is 0 Å². The van der Waals surface area contributed by atoms with Gasteiger partial charge in [0.1, 0.15) is 0 Å². The van der Waals surface area contributed by atoms with Gasteiger partial charge in [-0.2, -0.15) is 0 Å². The van der Waals surface area contributed by atoms with Gasteiger partial charge >= 0.3 is 0 Å². The van der Waals surface area contributed by atoms with Crippen LogP contribution in [-0.2, 0) is 0 Å². The number of oxime groups is 1. The Hall–Kier alpha value is -2.69. The molecule has 1 aliphatic rings. The summed E-state index contributed by atoms with van der Waals surface area (Å²) in [6.07, 6.45) is 0.485. The predicted molar refractivity (Wildman–Crippen MR) is 98.2 cm³/mol. The van der Waals surface area contributed by atoms with Gasteiger partial charge in [-0.15, -0.1) is 4.91 Å². The van der Waals surface area contributed by atoms with Gasteiger partial charge in [0.25, 0.3) is 0 Å². The second-order valence-corrected chi connectivity index (χ2v) is 6.81. The third kappa shape index (κ3) is 3.27. The SMILES string of the molecule is CC(C)[C@@H]1/C(=N/O)C[C@@H](c2ccccc2)N(N=O)[C@H]1c1ccccc1. The fourth-order valence-corrected chi connectivity index (χ4v) is 3.89. The van der Waals surface area contributed by atoms with E-state index in [1.807, 2.05) is 60.7 Å². The summed E-state index contributed by atoms with van der Waals surface area (Å²) in [5.74, 6) is 0.127. The molecule has 1 fully saturated rings. The minimum absolute atomic E-state index is 0.0786. The fraction of sp³-hybridized carbons (Fsp3) is 0.350. The van der Waals surface area contributed by atoms with E-state index >= 15 is 0 Å². The topological polar surface area (TPSA) is 65.3 Å². The van der Waals surface area contributed by atoms with Crippen molar-refractivity contribution in [3.63, 3.8) is 0 Å². The lowest BCUT2D eigenvalue weighted by molar-refractivity contribution is 0.0747. The number of hydrogen-bond donors (Lipinski definition) is 1. The van der Waals surface area contributed by atoms with Crippen molar-refractivity contribution in [2.75, 3.05) is 0 Å². The van der Waals surface area contributed by atoms with Crippen LogP contribution in [0.2, 0.25) is 0 Å². The highest BCUT2D eigenvalue weighted by molar-refractivity contribution is 5.89. The zero-order valence-corrected chi connectivity index (χ0v) is 14.5. The molecule has 0 spiro atoms. The van der Waals surface area contributed by atoms with Crippen molar-refractivity contribution in [3.8, 4) is 0 Å². The van der Waals surface area contributed by atoms with Crippen molar-refractivity contribution in [1.29, 1.82) is 0 Å². The van der Waals surface area contributed by atoms with Crippen LogP contribution in [0.5, 0.6) is 0 Å². The number of rotatable bonds is 4. The van der Waals surface area contributed by atoms with E-state index in [4.69, 9.17) is 0 Å². The minimum Gasteiger partial charge on any atom is -0.411 e. The Labute approximate surface area is 147 Å². The second kappa shape index (κ2) is 7.47. The first-order chi connectivity index (χ1) is 12.2. The molecule has 3 atom stereocenters. The van der Waals surface area contributed by atoms with Crippen LogP contribution in [0.25, 0.3) is 0 Å². The molecule has 1 heterocycles. The van der Waals surface area contributed by atoms with Crippen molar-refractivity contribution in [1.82, 2.24) is 5.01 Å². The van der Waals surface area contributed by atoms with E-state index < -0.39 is 0 Å². The van der Waals surface area contributed by atoms with E-state index in [1.165, 1.54) is 0 Å². The number of hydrogen-bond acceptors (Lipinski definition) is 4. The van der Waals surface area contributed by atoms with Gasteiger partial charge in [0.2, 0.25) is 0 Å². The lowest BCUT2D eigenvalue weighted by Gasteiger charge is -2.45. The van der Waals surface area contributed by atoms with Crippen LogP contribution in [-0.4, -0.2) is 15.9 Å². The van der Waals surface area contributed by atoms with E-state index in [1.54, 1.807) is 5.01 Å². The summed E-state index contributed by atoms with van der Waals surface area (Å²) in [6, 6.07) is 19.2. The van der Waals surface area contributed by atoms with Crippen molar-refractivity contribution in [3.05, 3.63) is 76.7 Å². The first-order valence-corrected chi connectivity index (χ1v) is 8.59. The summed E-state index contributed by atoms with van der Waals surface area (Å²) in [4.78, 5) is 11.9. The zero-order chi connectivity index (χ0) is 17.8. The average molecular weight is 337 g/mol. The number of piperidine rings is 1. The lowest BCUT2D eigenvalue weighted by atomic mass is 9.74. The normalized spacial score (nSPS) is 25.3. The van der Waals surface area contributed by atoms with Crippen molar-refractivity contribution >= 4 is 5.71 Å². The Morgan fingerprint density at radius 2 is 1.56 bits per heavy atom. The maximum atomic E-state index is 11.9. The smallest absolute Gasteiger partial charge is 0.0843 e. The van der Waals surface area contributed by atoms with Crippen LogP contribution in [0.4, 0.5) is 0 Å². The molecular weight excluding hydrogens is 314 g/mol. The molecule has 0 amide bonds. The van der Waals surface area contributed by atoms with Crippen LogP contribution in [0.3, 0.4) is 0 Å². The van der Waals surface area contributed by atoms with Crippen molar-refractivity contribution < 1.29 is 5.21 Å². The van der Waals surface area contributed by atoms with Gasteiger partial charge in [-0.1, -0.05) is 79.7 Å². The Morgan fingerprint density at radius 1 is 1.00 bits per heavy atom. The van der Waals surface area contributed by atoms with Crippen molar-refractivity contribution in [2.45, 2.75) is 32.4 Å². The average Bonchev–Trinajstić information content (AvgIpc) is 2.67. The Bertz CT molecular complexity index is 731. The molecule has 1 aliphatic heterocycles. The molecule has 130 valence electrons. The number of benzene rings is 2. The molecule has 0 bridgehead atoms. The predicted octanol–water partition coefficient (Wildman–Crippen LogP) is 4.96. The highest BCUT2D eigenvalue weighted by Crippen LogP contribution is 2.46. The van der Waals surface area contributed by atoms with Gasteiger partial charge in [-0.05, 0) is 17.0 Å². The maximum absolute atomic E-state index is 11.9. The molecule has 3 rings (SSSR count). The molecule has 0 aliphatic carbocycles. The summed E-state index contributed by atoms with van der Waals surface area (Å²) in [5.41, 5.74) is 2.71. The van der Waals surface area contributed by atoms with Gasteiger partial charge in [-0.25, -0.2) is 5.01 Å². The Kier molecular flexibility index (Phi) is 5.12. The summed E-state index contributed by atoms with van der Waals surface area (Å²) in [7, 11) is 0. The molecule has 1 N–H and O–H groups in total. The van der Waals surface area contributed by atoms with Crippen LogP contribution < -0.4 is 0 Å². The minimum atomic E-state index is -0.261. The standard InChI is InChI=1S/C20H23N3O2/c1-14(2)19-17(21-24)13-18(15-9-5-3-6-10-15)23(22-25)20(19)16-11-7-4-8-12-16/h3-12,14,18-20,24H,13H2,1-2H3/b21-17+/t18-,19+,20-/m0/s1. The molecular formula is C20H23N3O2. The zero-order valence-electron chi connectivity index (χ0n) is 14.5. The quantitative estimate of drug-likeness (QED) is 0.487. The van der Waals surface area contributed by atoms with Gasteiger partial charge in [0.05, 0.1) is 23.1 Å². The van der Waals surface area contributed by atoms with Gasteiger partial charge < -0.3 is 5.21 Å². The molecule has 0 saturated carbocycles. The van der Waals surface area contributed by atoms with E-state index in [2.05, 4.69) is 24.3 Å². The van der Waals surface area contributed by atoms with Crippen LogP contribution in [0.1, 0.15) is 43.5 Å². The van der Waals surface area contributed by atoms with Crippen molar-refractivity contribution in [2.24, 2.45) is 22.3 Å². The second-order valence-electron chi connectivity index (χ2n) is 6.81. The molecule has 5 nitrogen and oxygen atoms in total.